The smallest absolute Gasteiger partial charge is 0.328 e. The van der Waals surface area contributed by atoms with E-state index < -0.39 is 55.0 Å². The number of aliphatic hydroxyl groups is 5. The summed E-state index contributed by atoms with van der Waals surface area (Å²) in [4.78, 5) is 10.5. The second-order valence-electron chi connectivity index (χ2n) is 9.68. The molecule has 1 fully saturated rings. The Bertz CT molecular complexity index is 905. The third-order valence-corrected chi connectivity index (χ3v) is 5.67. The molecule has 0 saturated carbocycles. The van der Waals surface area contributed by atoms with Crippen LogP contribution in [-0.4, -0.2) is 85.6 Å². The molecule has 1 rings (SSSR count). The SMILES string of the molecule is CC(C)=CC[C@H](O[C@H]1O[C@H](CO)[C@@H](O)[C@H](O)[C@H]1O)/C(C)=C/C=C/C(C)=C/[C@](C)(O)C/C=C/C=C/C(=O)O. The standard InChI is InChI=1S/C28H42O9/c1-18(2)13-14-21(36-27-26(34)25(33)24(32)22(17-29)37-27)20(4)11-9-10-19(3)16-28(5,35)15-8-6-7-12-23(30)31/h6-13,16,21-22,24-27,29,32-35H,14-15,17H2,1-5H3,(H,30,31)/b8-6+,10-9+,12-7+,19-16+,20-11+/t21-,22+,24+,25-,26+,27-,28+/m0/s1. The molecular weight excluding hydrogens is 480 g/mol. The van der Waals surface area contributed by atoms with Crippen molar-refractivity contribution in [3.63, 3.8) is 0 Å². The van der Waals surface area contributed by atoms with Crippen LogP contribution in [0.1, 0.15) is 47.5 Å². The molecule has 0 bridgehead atoms. The van der Waals surface area contributed by atoms with Gasteiger partial charge in [-0.15, -0.1) is 0 Å². The molecule has 7 atom stereocenters. The molecule has 1 aliphatic heterocycles. The first kappa shape index (κ1) is 32.7. The lowest BCUT2D eigenvalue weighted by molar-refractivity contribution is -0.308. The van der Waals surface area contributed by atoms with Crippen LogP contribution in [0.15, 0.2) is 71.4 Å². The van der Waals surface area contributed by atoms with Gasteiger partial charge in [0.25, 0.3) is 0 Å². The van der Waals surface area contributed by atoms with Gasteiger partial charge in [0, 0.05) is 6.08 Å². The predicted molar refractivity (Wildman–Crippen MR) is 140 cm³/mol. The largest absolute Gasteiger partial charge is 0.478 e. The van der Waals surface area contributed by atoms with Crippen LogP contribution >= 0.6 is 0 Å². The second-order valence-corrected chi connectivity index (χ2v) is 9.68. The number of hydrogen-bond donors (Lipinski definition) is 6. The zero-order valence-electron chi connectivity index (χ0n) is 22.2. The molecule has 37 heavy (non-hydrogen) atoms. The molecule has 208 valence electrons. The van der Waals surface area contributed by atoms with Crippen molar-refractivity contribution in [1.82, 2.24) is 0 Å². The van der Waals surface area contributed by atoms with Crippen molar-refractivity contribution in [3.8, 4) is 0 Å². The molecule has 6 N–H and O–H groups in total. The molecule has 1 aliphatic rings. The minimum absolute atomic E-state index is 0.300. The van der Waals surface area contributed by atoms with Crippen molar-refractivity contribution < 1.29 is 44.9 Å². The molecule has 0 aromatic rings. The maximum Gasteiger partial charge on any atom is 0.328 e. The van der Waals surface area contributed by atoms with Crippen LogP contribution in [-0.2, 0) is 14.3 Å². The van der Waals surface area contributed by atoms with Crippen LogP contribution in [0, 0.1) is 0 Å². The summed E-state index contributed by atoms with van der Waals surface area (Å²) in [6.45, 7) is 8.70. The summed E-state index contributed by atoms with van der Waals surface area (Å²) in [5.74, 6) is -1.04. The number of aliphatic hydroxyl groups excluding tert-OH is 4. The Kier molecular flexibility index (Phi) is 13.9. The summed E-state index contributed by atoms with van der Waals surface area (Å²) in [5, 5.41) is 59.0. The van der Waals surface area contributed by atoms with E-state index in [1.54, 1.807) is 31.2 Å². The van der Waals surface area contributed by atoms with Gasteiger partial charge in [-0.3, -0.25) is 0 Å². The first-order valence-corrected chi connectivity index (χ1v) is 12.2. The maximum absolute atomic E-state index is 10.6. The second kappa shape index (κ2) is 15.8. The molecular formula is C28H42O9. The average Bonchev–Trinajstić information content (AvgIpc) is 2.80. The highest BCUT2D eigenvalue weighted by Crippen LogP contribution is 2.26. The summed E-state index contributed by atoms with van der Waals surface area (Å²) in [5.41, 5.74) is 1.55. The number of carboxylic acid groups (broad SMARTS) is 1. The highest BCUT2D eigenvalue weighted by molar-refractivity contribution is 5.80. The van der Waals surface area contributed by atoms with Gasteiger partial charge in [-0.05, 0) is 53.0 Å². The van der Waals surface area contributed by atoms with Gasteiger partial charge < -0.3 is 40.1 Å². The van der Waals surface area contributed by atoms with Gasteiger partial charge in [-0.25, -0.2) is 4.79 Å². The molecule has 0 spiro atoms. The van der Waals surface area contributed by atoms with Gasteiger partial charge in [-0.1, -0.05) is 59.8 Å². The molecule has 0 amide bonds. The third kappa shape index (κ3) is 12.1. The Morgan fingerprint density at radius 1 is 1.03 bits per heavy atom. The van der Waals surface area contributed by atoms with Crippen molar-refractivity contribution in [2.75, 3.05) is 6.61 Å². The van der Waals surface area contributed by atoms with Crippen molar-refractivity contribution in [2.45, 2.75) is 89.9 Å². The Morgan fingerprint density at radius 3 is 2.30 bits per heavy atom. The fourth-order valence-electron chi connectivity index (χ4n) is 3.61. The van der Waals surface area contributed by atoms with Gasteiger partial charge >= 0.3 is 5.97 Å². The Hall–Kier alpha value is -2.37. The van der Waals surface area contributed by atoms with Crippen molar-refractivity contribution in [3.05, 3.63) is 71.4 Å². The van der Waals surface area contributed by atoms with E-state index in [2.05, 4.69) is 0 Å². The van der Waals surface area contributed by atoms with E-state index in [0.29, 0.717) is 12.8 Å². The number of hydrogen-bond acceptors (Lipinski definition) is 8. The van der Waals surface area contributed by atoms with E-state index in [1.165, 1.54) is 6.08 Å². The van der Waals surface area contributed by atoms with E-state index in [9.17, 15) is 30.3 Å². The minimum Gasteiger partial charge on any atom is -0.478 e. The van der Waals surface area contributed by atoms with Crippen LogP contribution in [0.2, 0.25) is 0 Å². The summed E-state index contributed by atoms with van der Waals surface area (Å²) in [7, 11) is 0. The molecule has 0 radical (unpaired) electrons. The summed E-state index contributed by atoms with van der Waals surface area (Å²) in [6.07, 6.45) is 8.25. The molecule has 1 saturated heterocycles. The number of carboxylic acids is 1. The van der Waals surface area contributed by atoms with Gasteiger partial charge in [-0.2, -0.15) is 0 Å². The van der Waals surface area contributed by atoms with Crippen LogP contribution in [0.3, 0.4) is 0 Å². The van der Waals surface area contributed by atoms with Gasteiger partial charge in [0.05, 0.1) is 18.3 Å². The van der Waals surface area contributed by atoms with Crippen molar-refractivity contribution >= 4 is 5.97 Å². The van der Waals surface area contributed by atoms with Crippen LogP contribution < -0.4 is 0 Å². The van der Waals surface area contributed by atoms with Crippen LogP contribution in [0.5, 0.6) is 0 Å². The lowest BCUT2D eigenvalue weighted by Crippen LogP contribution is -2.59. The van der Waals surface area contributed by atoms with Crippen LogP contribution in [0.25, 0.3) is 0 Å². The number of rotatable bonds is 13. The predicted octanol–water partition coefficient (Wildman–Crippen LogP) is 2.31. The minimum atomic E-state index is -1.52. The average molecular weight is 523 g/mol. The number of ether oxygens (including phenoxy) is 2. The van der Waals surface area contributed by atoms with Crippen LogP contribution in [0.4, 0.5) is 0 Å². The Balaban J connectivity index is 2.95. The summed E-state index contributed by atoms with van der Waals surface area (Å²) >= 11 is 0. The van der Waals surface area contributed by atoms with Gasteiger partial charge in [0.2, 0.25) is 0 Å². The van der Waals surface area contributed by atoms with Crippen molar-refractivity contribution in [2.24, 2.45) is 0 Å². The van der Waals surface area contributed by atoms with Gasteiger partial charge in [0.15, 0.2) is 6.29 Å². The maximum atomic E-state index is 10.6. The molecule has 0 aromatic carbocycles. The summed E-state index contributed by atoms with van der Waals surface area (Å²) in [6, 6.07) is 0. The van der Waals surface area contributed by atoms with E-state index in [-0.39, 0.29) is 0 Å². The highest BCUT2D eigenvalue weighted by Gasteiger charge is 2.44. The first-order chi connectivity index (χ1) is 17.3. The topological polar surface area (TPSA) is 157 Å². The monoisotopic (exact) mass is 522 g/mol. The number of allylic oxidation sites excluding steroid dienone is 7. The van der Waals surface area contributed by atoms with E-state index in [0.717, 1.165) is 22.8 Å². The normalized spacial score (nSPS) is 28.1. The van der Waals surface area contributed by atoms with E-state index >= 15 is 0 Å². The first-order valence-electron chi connectivity index (χ1n) is 12.2. The Morgan fingerprint density at radius 2 is 1.70 bits per heavy atom. The van der Waals surface area contributed by atoms with E-state index in [1.807, 2.05) is 45.9 Å². The third-order valence-electron chi connectivity index (χ3n) is 5.67. The molecule has 9 heteroatoms. The fraction of sp³-hybridized carbons (Fsp3) is 0.536. The molecule has 0 aromatic heterocycles. The fourth-order valence-corrected chi connectivity index (χ4v) is 3.61. The van der Waals surface area contributed by atoms with Gasteiger partial charge in [0.1, 0.15) is 24.4 Å². The molecule has 1 heterocycles. The lowest BCUT2D eigenvalue weighted by atomic mass is 9.98. The molecule has 9 nitrogen and oxygen atoms in total. The number of aliphatic carboxylic acids is 1. The number of carbonyl (C=O) groups is 1. The molecule has 0 unspecified atom stereocenters. The Labute approximate surface area is 219 Å². The lowest BCUT2D eigenvalue weighted by Gasteiger charge is -2.41. The zero-order valence-corrected chi connectivity index (χ0v) is 22.2. The van der Waals surface area contributed by atoms with Crippen molar-refractivity contribution in [1.29, 1.82) is 0 Å². The highest BCUT2D eigenvalue weighted by atomic mass is 16.7. The molecule has 0 aliphatic carbocycles. The quantitative estimate of drug-likeness (QED) is 0.121. The van der Waals surface area contributed by atoms with E-state index in [4.69, 9.17) is 14.6 Å². The summed E-state index contributed by atoms with van der Waals surface area (Å²) < 4.78 is 11.5. The zero-order chi connectivity index (χ0) is 28.2.